The van der Waals surface area contributed by atoms with Gasteiger partial charge in [-0.2, -0.15) is 0 Å². The Kier molecular flexibility index (Phi) is 6.42. The third kappa shape index (κ3) is 6.06. The van der Waals surface area contributed by atoms with Crippen molar-refractivity contribution in [3.05, 3.63) is 54.6 Å². The number of ether oxygens (including phenoxy) is 2. The van der Waals surface area contributed by atoms with Gasteiger partial charge in [0.15, 0.2) is 18.2 Å². The SMILES string of the molecule is O=C(COc1cccnc1)NCC#CCOc1ccccc1F. The molecule has 6 heteroatoms. The minimum Gasteiger partial charge on any atom is -0.482 e. The summed E-state index contributed by atoms with van der Waals surface area (Å²) in [6, 6.07) is 9.51. The number of carbonyl (C=O) groups excluding carboxylic acids is 1. The number of halogens is 1. The third-order valence-electron chi connectivity index (χ3n) is 2.64. The lowest BCUT2D eigenvalue weighted by Gasteiger charge is -2.04. The Labute approximate surface area is 133 Å². The van der Waals surface area contributed by atoms with Crippen LogP contribution in [0, 0.1) is 17.7 Å². The molecule has 1 heterocycles. The topological polar surface area (TPSA) is 60.5 Å². The van der Waals surface area contributed by atoms with Crippen LogP contribution in [0.4, 0.5) is 4.39 Å². The maximum atomic E-state index is 13.2. The predicted molar refractivity (Wildman–Crippen MR) is 82.4 cm³/mol. The van der Waals surface area contributed by atoms with Crippen LogP contribution in [0.5, 0.6) is 11.5 Å². The first-order chi connectivity index (χ1) is 11.3. The number of amides is 1. The zero-order chi connectivity index (χ0) is 16.3. The molecule has 0 radical (unpaired) electrons. The summed E-state index contributed by atoms with van der Waals surface area (Å²) in [5.41, 5.74) is 0. The predicted octanol–water partition coefficient (Wildman–Crippen LogP) is 1.80. The Hall–Kier alpha value is -3.07. The number of nitrogens with one attached hydrogen (secondary N) is 1. The molecule has 1 aromatic heterocycles. The van der Waals surface area contributed by atoms with Crippen molar-refractivity contribution in [2.75, 3.05) is 19.8 Å². The summed E-state index contributed by atoms with van der Waals surface area (Å²) in [6.45, 7) is 0.0952. The summed E-state index contributed by atoms with van der Waals surface area (Å²) in [5.74, 6) is 5.33. The zero-order valence-electron chi connectivity index (χ0n) is 12.3. The van der Waals surface area contributed by atoms with Gasteiger partial charge >= 0.3 is 0 Å². The summed E-state index contributed by atoms with van der Waals surface area (Å²) < 4.78 is 23.6. The Bertz CT molecular complexity index is 696. The van der Waals surface area contributed by atoms with Crippen molar-refractivity contribution in [3.63, 3.8) is 0 Å². The number of para-hydroxylation sites is 1. The second-order valence-electron chi connectivity index (χ2n) is 4.33. The molecule has 0 saturated carbocycles. The smallest absolute Gasteiger partial charge is 0.258 e. The van der Waals surface area contributed by atoms with Gasteiger partial charge < -0.3 is 14.8 Å². The Morgan fingerprint density at radius 2 is 2.04 bits per heavy atom. The molecule has 0 aliphatic carbocycles. The minimum atomic E-state index is -0.435. The van der Waals surface area contributed by atoms with E-state index in [1.807, 2.05) is 0 Å². The van der Waals surface area contributed by atoms with Crippen molar-refractivity contribution >= 4 is 5.91 Å². The number of hydrogen-bond donors (Lipinski definition) is 1. The van der Waals surface area contributed by atoms with E-state index in [0.29, 0.717) is 5.75 Å². The standard InChI is InChI=1S/C17H15FN2O3/c18-15-7-1-2-8-16(15)22-11-4-3-10-20-17(21)13-23-14-6-5-9-19-12-14/h1-2,5-9,12H,10-11,13H2,(H,20,21). The van der Waals surface area contributed by atoms with Crippen molar-refractivity contribution in [1.29, 1.82) is 0 Å². The van der Waals surface area contributed by atoms with E-state index >= 15 is 0 Å². The molecule has 0 bridgehead atoms. The molecule has 118 valence electrons. The van der Waals surface area contributed by atoms with E-state index in [1.54, 1.807) is 30.5 Å². The average Bonchev–Trinajstić information content (AvgIpc) is 2.58. The van der Waals surface area contributed by atoms with Gasteiger partial charge in [0.2, 0.25) is 0 Å². The number of rotatable bonds is 6. The minimum absolute atomic E-state index is 0.0446. The van der Waals surface area contributed by atoms with Crippen LogP contribution in [-0.2, 0) is 4.79 Å². The first kappa shape index (κ1) is 16.3. The van der Waals surface area contributed by atoms with Gasteiger partial charge in [-0.15, -0.1) is 0 Å². The lowest BCUT2D eigenvalue weighted by atomic mass is 10.3. The number of pyridine rings is 1. The van der Waals surface area contributed by atoms with Crippen molar-refractivity contribution < 1.29 is 18.7 Å². The second-order valence-corrected chi connectivity index (χ2v) is 4.33. The fourth-order valence-corrected chi connectivity index (χ4v) is 1.56. The van der Waals surface area contributed by atoms with Crippen LogP contribution >= 0.6 is 0 Å². The molecule has 0 spiro atoms. The average molecular weight is 314 g/mol. The molecule has 1 N–H and O–H groups in total. The highest BCUT2D eigenvalue weighted by molar-refractivity contribution is 5.77. The fraction of sp³-hybridized carbons (Fsp3) is 0.176. The third-order valence-corrected chi connectivity index (χ3v) is 2.64. The van der Waals surface area contributed by atoms with Crippen LogP contribution in [-0.4, -0.2) is 30.6 Å². The maximum absolute atomic E-state index is 13.2. The Balaban J connectivity index is 1.61. The quantitative estimate of drug-likeness (QED) is 0.826. The highest BCUT2D eigenvalue weighted by Crippen LogP contribution is 2.14. The van der Waals surface area contributed by atoms with Crippen LogP contribution in [0.1, 0.15) is 0 Å². The summed E-state index contributed by atoms with van der Waals surface area (Å²) in [4.78, 5) is 15.4. The summed E-state index contributed by atoms with van der Waals surface area (Å²) in [7, 11) is 0. The van der Waals surface area contributed by atoms with Crippen LogP contribution in [0.25, 0.3) is 0 Å². The van der Waals surface area contributed by atoms with Gasteiger partial charge in [0, 0.05) is 6.20 Å². The van der Waals surface area contributed by atoms with E-state index in [2.05, 4.69) is 22.1 Å². The maximum Gasteiger partial charge on any atom is 0.258 e. The number of benzene rings is 1. The van der Waals surface area contributed by atoms with Gasteiger partial charge in [0.05, 0.1) is 12.7 Å². The zero-order valence-corrected chi connectivity index (χ0v) is 12.3. The number of aromatic nitrogens is 1. The first-order valence-electron chi connectivity index (χ1n) is 6.88. The molecule has 0 fully saturated rings. The Morgan fingerprint density at radius 3 is 2.83 bits per heavy atom. The molecule has 0 atom stereocenters. The van der Waals surface area contributed by atoms with Crippen molar-refractivity contribution in [3.8, 4) is 23.3 Å². The molecular formula is C17H15FN2O3. The number of hydrogen-bond acceptors (Lipinski definition) is 4. The van der Waals surface area contributed by atoms with E-state index in [9.17, 15) is 9.18 Å². The van der Waals surface area contributed by atoms with E-state index in [1.165, 1.54) is 18.3 Å². The monoisotopic (exact) mass is 314 g/mol. The van der Waals surface area contributed by atoms with Gasteiger partial charge in [-0.3, -0.25) is 9.78 Å². The van der Waals surface area contributed by atoms with Crippen LogP contribution in [0.2, 0.25) is 0 Å². The van der Waals surface area contributed by atoms with Crippen molar-refractivity contribution in [2.24, 2.45) is 0 Å². The molecule has 2 aromatic rings. The van der Waals surface area contributed by atoms with Crippen LogP contribution in [0.3, 0.4) is 0 Å². The van der Waals surface area contributed by atoms with E-state index in [0.717, 1.165) is 0 Å². The molecule has 23 heavy (non-hydrogen) atoms. The molecule has 2 rings (SSSR count). The molecule has 5 nitrogen and oxygen atoms in total. The number of nitrogens with zero attached hydrogens (tertiary/aromatic N) is 1. The molecule has 1 amide bonds. The van der Waals surface area contributed by atoms with Crippen LogP contribution < -0.4 is 14.8 Å². The van der Waals surface area contributed by atoms with Gasteiger partial charge in [-0.05, 0) is 24.3 Å². The fourth-order valence-electron chi connectivity index (χ4n) is 1.56. The van der Waals surface area contributed by atoms with Gasteiger partial charge in [-0.25, -0.2) is 4.39 Å². The van der Waals surface area contributed by atoms with Gasteiger partial charge in [-0.1, -0.05) is 24.0 Å². The van der Waals surface area contributed by atoms with E-state index in [4.69, 9.17) is 9.47 Å². The molecular weight excluding hydrogens is 299 g/mol. The second kappa shape index (κ2) is 9.05. The normalized spacial score (nSPS) is 9.43. The largest absolute Gasteiger partial charge is 0.482 e. The Morgan fingerprint density at radius 1 is 1.17 bits per heavy atom. The molecule has 0 saturated heterocycles. The summed E-state index contributed by atoms with van der Waals surface area (Å²) >= 11 is 0. The molecule has 1 aromatic carbocycles. The lowest BCUT2D eigenvalue weighted by Crippen LogP contribution is -2.29. The first-order valence-corrected chi connectivity index (χ1v) is 6.88. The van der Waals surface area contributed by atoms with Crippen LogP contribution in [0.15, 0.2) is 48.8 Å². The molecule has 0 aliphatic rings. The van der Waals surface area contributed by atoms with Gasteiger partial charge in [0.25, 0.3) is 5.91 Å². The summed E-state index contributed by atoms with van der Waals surface area (Å²) in [5, 5.41) is 2.58. The van der Waals surface area contributed by atoms with Gasteiger partial charge in [0.1, 0.15) is 12.4 Å². The summed E-state index contributed by atoms with van der Waals surface area (Å²) in [6.07, 6.45) is 3.14. The molecule has 0 unspecified atom stereocenters. The van der Waals surface area contributed by atoms with E-state index < -0.39 is 5.82 Å². The van der Waals surface area contributed by atoms with E-state index in [-0.39, 0.29) is 31.4 Å². The van der Waals surface area contributed by atoms with Crippen molar-refractivity contribution in [1.82, 2.24) is 10.3 Å². The van der Waals surface area contributed by atoms with Crippen molar-refractivity contribution in [2.45, 2.75) is 0 Å². The molecule has 0 aliphatic heterocycles. The highest BCUT2D eigenvalue weighted by atomic mass is 19.1. The lowest BCUT2D eigenvalue weighted by molar-refractivity contribution is -0.122. The highest BCUT2D eigenvalue weighted by Gasteiger charge is 2.01. The number of carbonyl (C=O) groups is 1.